The number of nitrogens with zero attached hydrogens (tertiary/aromatic N) is 3. The summed E-state index contributed by atoms with van der Waals surface area (Å²) in [6.45, 7) is 1.19. The van der Waals surface area contributed by atoms with E-state index in [0.717, 1.165) is 25.2 Å². The minimum atomic E-state index is -6.41. The van der Waals surface area contributed by atoms with Gasteiger partial charge in [0.2, 0.25) is 5.91 Å². The Kier molecular flexibility index (Phi) is 7.28. The second kappa shape index (κ2) is 9.18. The summed E-state index contributed by atoms with van der Waals surface area (Å²) in [5.41, 5.74) is -7.20. The van der Waals surface area contributed by atoms with Gasteiger partial charge in [0.05, 0.1) is 0 Å². The highest BCUT2D eigenvalue weighted by Gasteiger charge is 2.64. The number of nitrogens with one attached hydrogen (secondary N) is 1. The lowest BCUT2D eigenvalue weighted by Crippen LogP contribution is -2.36. The fourth-order valence-corrected chi connectivity index (χ4v) is 2.89. The molecular weight excluding hydrogens is 487 g/mol. The second-order valence-corrected chi connectivity index (χ2v) is 7.04. The summed E-state index contributed by atoms with van der Waals surface area (Å²) < 4.78 is 121. The van der Waals surface area contributed by atoms with Crippen LogP contribution in [0, 0.1) is 5.82 Å². The van der Waals surface area contributed by atoms with E-state index >= 15 is 0 Å². The SMILES string of the molecule is CCC(=O)NCc1cc(N(C)C(=O)c2c(C(F)(F)F)c(C(F)(F)C(F)(F)F)nn2C)ccc1F. The van der Waals surface area contributed by atoms with Gasteiger partial charge < -0.3 is 10.2 Å². The molecule has 1 heterocycles. The molecule has 0 radical (unpaired) electrons. The number of anilines is 1. The Hall–Kier alpha value is -3.26. The second-order valence-electron chi connectivity index (χ2n) is 7.04. The molecule has 6 nitrogen and oxygen atoms in total. The first-order valence-corrected chi connectivity index (χ1v) is 9.35. The van der Waals surface area contributed by atoms with Gasteiger partial charge >= 0.3 is 18.3 Å². The van der Waals surface area contributed by atoms with Gasteiger partial charge in [-0.1, -0.05) is 6.92 Å². The number of alkyl halides is 8. The van der Waals surface area contributed by atoms with Crippen LogP contribution in [0.2, 0.25) is 0 Å². The van der Waals surface area contributed by atoms with E-state index in [4.69, 9.17) is 0 Å². The number of aryl methyl sites for hydroxylation is 1. The number of aromatic nitrogens is 2. The van der Waals surface area contributed by atoms with Crippen LogP contribution in [0.4, 0.5) is 45.2 Å². The van der Waals surface area contributed by atoms with Crippen molar-refractivity contribution >= 4 is 17.5 Å². The Morgan fingerprint density at radius 2 is 1.68 bits per heavy atom. The summed E-state index contributed by atoms with van der Waals surface area (Å²) in [6, 6.07) is 2.80. The lowest BCUT2D eigenvalue weighted by Gasteiger charge is -2.21. The van der Waals surface area contributed by atoms with E-state index in [0.29, 0.717) is 11.9 Å². The monoisotopic (exact) mass is 504 g/mol. The number of hydrogen-bond acceptors (Lipinski definition) is 3. The summed E-state index contributed by atoms with van der Waals surface area (Å²) >= 11 is 0. The van der Waals surface area contributed by atoms with Crippen molar-refractivity contribution in [1.29, 1.82) is 0 Å². The van der Waals surface area contributed by atoms with Crippen LogP contribution in [-0.2, 0) is 30.5 Å². The van der Waals surface area contributed by atoms with Crippen LogP contribution in [0.25, 0.3) is 0 Å². The average Bonchev–Trinajstić information content (AvgIpc) is 3.09. The van der Waals surface area contributed by atoms with E-state index in [1.165, 1.54) is 6.92 Å². The van der Waals surface area contributed by atoms with Crippen molar-refractivity contribution in [3.8, 4) is 0 Å². The van der Waals surface area contributed by atoms with Crippen LogP contribution >= 0.6 is 0 Å². The number of amides is 2. The topological polar surface area (TPSA) is 67.2 Å². The van der Waals surface area contributed by atoms with Gasteiger partial charge in [-0.05, 0) is 18.2 Å². The van der Waals surface area contributed by atoms with E-state index < -0.39 is 52.9 Å². The van der Waals surface area contributed by atoms with Crippen LogP contribution in [0.5, 0.6) is 0 Å². The lowest BCUT2D eigenvalue weighted by molar-refractivity contribution is -0.292. The molecule has 0 aliphatic carbocycles. The van der Waals surface area contributed by atoms with E-state index in [9.17, 15) is 49.1 Å². The zero-order valence-electron chi connectivity index (χ0n) is 17.7. The summed E-state index contributed by atoms with van der Waals surface area (Å²) in [5.74, 6) is -8.92. The highest BCUT2D eigenvalue weighted by atomic mass is 19.4. The van der Waals surface area contributed by atoms with Crippen LogP contribution in [-0.4, -0.2) is 34.8 Å². The summed E-state index contributed by atoms with van der Waals surface area (Å²) in [6.07, 6.45) is -12.1. The van der Waals surface area contributed by atoms with Gasteiger partial charge in [-0.2, -0.15) is 40.2 Å². The third kappa shape index (κ3) is 5.12. The van der Waals surface area contributed by atoms with Crippen molar-refractivity contribution in [2.45, 2.75) is 38.2 Å². The summed E-state index contributed by atoms with van der Waals surface area (Å²) in [5, 5.41) is 5.03. The number of carbonyl (C=O) groups is 2. The Morgan fingerprint density at radius 1 is 1.09 bits per heavy atom. The quantitative estimate of drug-likeness (QED) is 0.588. The maximum Gasteiger partial charge on any atom is 0.459 e. The van der Waals surface area contributed by atoms with E-state index in [-0.39, 0.29) is 28.9 Å². The molecule has 0 unspecified atom stereocenters. The van der Waals surface area contributed by atoms with Crippen molar-refractivity contribution < 1.29 is 49.1 Å². The molecule has 2 rings (SSSR count). The van der Waals surface area contributed by atoms with Crippen LogP contribution in [0.3, 0.4) is 0 Å². The largest absolute Gasteiger partial charge is 0.459 e. The molecule has 0 saturated carbocycles. The predicted octanol–water partition coefficient (Wildman–Crippen LogP) is 4.53. The number of halogens is 9. The van der Waals surface area contributed by atoms with Crippen LogP contribution in [0.15, 0.2) is 18.2 Å². The molecule has 188 valence electrons. The zero-order chi connectivity index (χ0) is 26.2. The Bertz CT molecular complexity index is 1090. The molecule has 15 heteroatoms. The molecule has 2 aromatic rings. The van der Waals surface area contributed by atoms with E-state index in [1.807, 2.05) is 0 Å². The first kappa shape index (κ1) is 27.0. The smallest absolute Gasteiger partial charge is 0.352 e. The number of hydrogen-bond donors (Lipinski definition) is 1. The van der Waals surface area contributed by atoms with Crippen LogP contribution in [0.1, 0.15) is 40.7 Å². The van der Waals surface area contributed by atoms with Gasteiger partial charge in [0, 0.05) is 38.3 Å². The number of rotatable bonds is 6. The van der Waals surface area contributed by atoms with Gasteiger partial charge in [-0.15, -0.1) is 0 Å². The average molecular weight is 504 g/mol. The summed E-state index contributed by atoms with van der Waals surface area (Å²) in [7, 11) is 1.50. The number of carbonyl (C=O) groups excluding carboxylic acids is 2. The normalized spacial score (nSPS) is 12.6. The maximum atomic E-state index is 14.0. The molecule has 0 aliphatic rings. The molecule has 0 saturated heterocycles. The molecule has 0 bridgehead atoms. The molecule has 1 N–H and O–H groups in total. The minimum Gasteiger partial charge on any atom is -0.352 e. The minimum absolute atomic E-state index is 0.0253. The molecule has 34 heavy (non-hydrogen) atoms. The van der Waals surface area contributed by atoms with Gasteiger partial charge in [0.25, 0.3) is 5.91 Å². The third-order valence-electron chi connectivity index (χ3n) is 4.71. The first-order valence-electron chi connectivity index (χ1n) is 9.35. The van der Waals surface area contributed by atoms with Gasteiger partial charge in [0.15, 0.2) is 5.69 Å². The van der Waals surface area contributed by atoms with Crippen molar-refractivity contribution in [2.24, 2.45) is 7.05 Å². The van der Waals surface area contributed by atoms with Gasteiger partial charge in [-0.3, -0.25) is 14.3 Å². The third-order valence-corrected chi connectivity index (χ3v) is 4.71. The Labute approximate surface area is 186 Å². The lowest BCUT2D eigenvalue weighted by atomic mass is 10.1. The zero-order valence-corrected chi connectivity index (χ0v) is 17.7. The van der Waals surface area contributed by atoms with Crippen molar-refractivity contribution in [3.63, 3.8) is 0 Å². The molecule has 0 aliphatic heterocycles. The van der Waals surface area contributed by atoms with Crippen molar-refractivity contribution in [2.75, 3.05) is 11.9 Å². The molecule has 0 fully saturated rings. The van der Waals surface area contributed by atoms with Gasteiger partial charge in [-0.25, -0.2) is 4.39 Å². The maximum absolute atomic E-state index is 14.0. The Balaban J connectivity index is 2.57. The highest BCUT2D eigenvalue weighted by molar-refractivity contribution is 6.06. The van der Waals surface area contributed by atoms with Crippen LogP contribution < -0.4 is 10.2 Å². The van der Waals surface area contributed by atoms with Crippen molar-refractivity contribution in [1.82, 2.24) is 15.1 Å². The molecule has 0 atom stereocenters. The Morgan fingerprint density at radius 3 is 2.18 bits per heavy atom. The van der Waals surface area contributed by atoms with E-state index in [1.54, 1.807) is 0 Å². The summed E-state index contributed by atoms with van der Waals surface area (Å²) in [4.78, 5) is 24.7. The van der Waals surface area contributed by atoms with Gasteiger partial charge in [0.1, 0.15) is 17.1 Å². The molecule has 2 amide bonds. The van der Waals surface area contributed by atoms with E-state index in [2.05, 4.69) is 10.4 Å². The standard InChI is InChI=1S/C19H17F9N4O2/c1-4-12(33)29-8-9-7-10(5-6-11(9)20)31(2)16(34)14-13(18(23,24)25)15(30-32(14)3)17(21,22)19(26,27)28/h5-7H,4,8H2,1-3H3,(H,29,33). The molecule has 1 aromatic carbocycles. The number of benzene rings is 1. The fourth-order valence-electron chi connectivity index (χ4n) is 2.89. The molecular formula is C19H17F9N4O2. The van der Waals surface area contributed by atoms with Crippen molar-refractivity contribution in [3.05, 3.63) is 46.5 Å². The predicted molar refractivity (Wildman–Crippen MR) is 99.4 cm³/mol. The fraction of sp³-hybridized carbons (Fsp3) is 0.421. The molecule has 1 aromatic heterocycles. The molecule has 0 spiro atoms. The first-order chi connectivity index (χ1) is 15.4. The highest BCUT2D eigenvalue weighted by Crippen LogP contribution is 2.48.